The van der Waals surface area contributed by atoms with Gasteiger partial charge in [-0.2, -0.15) is 0 Å². The lowest BCUT2D eigenvalue weighted by Crippen LogP contribution is -1.88. The fraction of sp³-hybridized carbons (Fsp3) is 0.500. The van der Waals surface area contributed by atoms with E-state index in [0.717, 1.165) is 0 Å². The van der Waals surface area contributed by atoms with Gasteiger partial charge in [0.05, 0.1) is 0 Å². The van der Waals surface area contributed by atoms with E-state index in [9.17, 15) is 0 Å². The maximum absolute atomic E-state index is 2.27. The summed E-state index contributed by atoms with van der Waals surface area (Å²) in [6, 6.07) is 4.54. The molecular formula is C12H18S. The Morgan fingerprint density at radius 3 is 2.08 bits per heavy atom. The summed E-state index contributed by atoms with van der Waals surface area (Å²) in [7, 11) is 0. The molecule has 1 heteroatoms. The highest BCUT2D eigenvalue weighted by molar-refractivity contribution is 7.99. The maximum atomic E-state index is 2.27. The summed E-state index contributed by atoms with van der Waals surface area (Å²) in [5, 5.41) is 0. The highest BCUT2D eigenvalue weighted by atomic mass is 32.2. The molecule has 1 aromatic rings. The van der Waals surface area contributed by atoms with Crippen LogP contribution in [0.4, 0.5) is 0 Å². The van der Waals surface area contributed by atoms with E-state index in [1.54, 1.807) is 0 Å². The van der Waals surface area contributed by atoms with Crippen molar-refractivity contribution < 1.29 is 0 Å². The number of hydrogen-bond acceptors (Lipinski definition) is 1. The van der Waals surface area contributed by atoms with Crippen molar-refractivity contribution in [3.05, 3.63) is 28.8 Å². The van der Waals surface area contributed by atoms with Crippen LogP contribution >= 0.6 is 11.8 Å². The molecule has 13 heavy (non-hydrogen) atoms. The maximum Gasteiger partial charge on any atom is 0.0131 e. The number of aryl methyl sites for hydroxylation is 3. The molecule has 0 N–H and O–H groups in total. The number of benzene rings is 1. The minimum absolute atomic E-state index is 1.23. The highest BCUT2D eigenvalue weighted by Gasteiger charge is 2.02. The molecule has 0 spiro atoms. The van der Waals surface area contributed by atoms with E-state index in [1.165, 1.54) is 33.8 Å². The molecular weight excluding hydrogens is 176 g/mol. The van der Waals surface area contributed by atoms with Gasteiger partial charge in [0.2, 0.25) is 0 Å². The van der Waals surface area contributed by atoms with Crippen LogP contribution in [0.3, 0.4) is 0 Å². The largest absolute Gasteiger partial charge is 0.126 e. The molecule has 0 bridgehead atoms. The van der Waals surface area contributed by atoms with Gasteiger partial charge in [-0.25, -0.2) is 0 Å². The minimum Gasteiger partial charge on any atom is -0.126 e. The van der Waals surface area contributed by atoms with Gasteiger partial charge < -0.3 is 0 Å². The Hall–Kier alpha value is -0.430. The van der Waals surface area contributed by atoms with E-state index >= 15 is 0 Å². The first kappa shape index (κ1) is 10.6. The van der Waals surface area contributed by atoms with Gasteiger partial charge in [-0.05, 0) is 44.1 Å². The minimum atomic E-state index is 1.23. The summed E-state index contributed by atoms with van der Waals surface area (Å²) in [5.74, 6) is 1.23. The summed E-state index contributed by atoms with van der Waals surface area (Å²) in [5.41, 5.74) is 4.22. The van der Waals surface area contributed by atoms with Gasteiger partial charge in [0, 0.05) is 4.90 Å². The molecule has 0 aliphatic heterocycles. The Morgan fingerprint density at radius 2 is 1.62 bits per heavy atom. The molecule has 0 aliphatic carbocycles. The summed E-state index contributed by atoms with van der Waals surface area (Å²) in [6.07, 6.45) is 1.25. The number of thioether (sulfide) groups is 1. The van der Waals surface area contributed by atoms with E-state index < -0.39 is 0 Å². The highest BCUT2D eigenvalue weighted by Crippen LogP contribution is 2.27. The molecule has 72 valence electrons. The molecule has 0 atom stereocenters. The van der Waals surface area contributed by atoms with Crippen molar-refractivity contribution in [2.75, 3.05) is 5.75 Å². The zero-order valence-electron chi connectivity index (χ0n) is 8.98. The van der Waals surface area contributed by atoms with Gasteiger partial charge in [0.1, 0.15) is 0 Å². The standard InChI is InChI=1S/C12H18S/c1-5-6-13-12-10(3)7-9(2)8-11(12)4/h7-8H,5-6H2,1-4H3. The Labute approximate surface area is 85.7 Å². The third-order valence-electron chi connectivity index (χ3n) is 2.06. The van der Waals surface area contributed by atoms with E-state index in [1.807, 2.05) is 11.8 Å². The molecule has 0 amide bonds. The van der Waals surface area contributed by atoms with E-state index in [-0.39, 0.29) is 0 Å². The fourth-order valence-corrected chi connectivity index (χ4v) is 2.58. The number of hydrogen-bond donors (Lipinski definition) is 0. The van der Waals surface area contributed by atoms with E-state index in [0.29, 0.717) is 0 Å². The fourth-order valence-electron chi connectivity index (χ4n) is 1.60. The molecule has 1 aromatic carbocycles. The van der Waals surface area contributed by atoms with Crippen LogP contribution in [-0.4, -0.2) is 5.75 Å². The molecule has 0 unspecified atom stereocenters. The topological polar surface area (TPSA) is 0 Å². The van der Waals surface area contributed by atoms with E-state index in [4.69, 9.17) is 0 Å². The van der Waals surface area contributed by atoms with Crippen molar-refractivity contribution in [3.8, 4) is 0 Å². The third kappa shape index (κ3) is 2.77. The molecule has 0 aliphatic rings. The molecule has 0 heterocycles. The Kier molecular flexibility index (Phi) is 3.86. The Morgan fingerprint density at radius 1 is 1.08 bits per heavy atom. The van der Waals surface area contributed by atoms with Crippen molar-refractivity contribution in [1.29, 1.82) is 0 Å². The zero-order chi connectivity index (χ0) is 9.84. The molecule has 0 saturated carbocycles. The predicted octanol–water partition coefficient (Wildman–Crippen LogP) is 4.11. The van der Waals surface area contributed by atoms with Gasteiger partial charge in [-0.1, -0.05) is 24.6 Å². The van der Waals surface area contributed by atoms with Crippen LogP contribution < -0.4 is 0 Å². The average molecular weight is 194 g/mol. The molecule has 0 nitrogen and oxygen atoms in total. The van der Waals surface area contributed by atoms with Gasteiger partial charge in [-0.15, -0.1) is 11.8 Å². The lowest BCUT2D eigenvalue weighted by atomic mass is 10.1. The molecule has 0 saturated heterocycles. The summed E-state index contributed by atoms with van der Waals surface area (Å²) < 4.78 is 0. The van der Waals surface area contributed by atoms with Crippen molar-refractivity contribution in [2.45, 2.75) is 39.0 Å². The second-order valence-corrected chi connectivity index (χ2v) is 4.68. The molecule has 1 rings (SSSR count). The summed E-state index contributed by atoms with van der Waals surface area (Å²) in [4.78, 5) is 1.48. The van der Waals surface area contributed by atoms with Crippen LogP contribution in [0.15, 0.2) is 17.0 Å². The van der Waals surface area contributed by atoms with Crippen LogP contribution in [0.1, 0.15) is 30.0 Å². The van der Waals surface area contributed by atoms with Crippen molar-refractivity contribution in [3.63, 3.8) is 0 Å². The molecule has 0 fully saturated rings. The lowest BCUT2D eigenvalue weighted by Gasteiger charge is -2.09. The zero-order valence-corrected chi connectivity index (χ0v) is 9.79. The van der Waals surface area contributed by atoms with Crippen LogP contribution in [0.25, 0.3) is 0 Å². The van der Waals surface area contributed by atoms with E-state index in [2.05, 4.69) is 39.8 Å². The first-order valence-electron chi connectivity index (χ1n) is 4.85. The van der Waals surface area contributed by atoms with Gasteiger partial charge in [0.25, 0.3) is 0 Å². The van der Waals surface area contributed by atoms with Crippen LogP contribution in [-0.2, 0) is 0 Å². The van der Waals surface area contributed by atoms with Crippen LogP contribution in [0.5, 0.6) is 0 Å². The van der Waals surface area contributed by atoms with Crippen LogP contribution in [0, 0.1) is 20.8 Å². The molecule has 0 aromatic heterocycles. The van der Waals surface area contributed by atoms with Crippen LogP contribution in [0.2, 0.25) is 0 Å². The Bertz CT molecular complexity index is 266. The second kappa shape index (κ2) is 4.71. The van der Waals surface area contributed by atoms with Gasteiger partial charge >= 0.3 is 0 Å². The second-order valence-electron chi connectivity index (χ2n) is 3.58. The third-order valence-corrected chi connectivity index (χ3v) is 3.60. The predicted molar refractivity (Wildman–Crippen MR) is 61.7 cm³/mol. The normalized spacial score (nSPS) is 10.5. The van der Waals surface area contributed by atoms with Crippen molar-refractivity contribution in [2.24, 2.45) is 0 Å². The SMILES string of the molecule is CCCSc1c(C)cc(C)cc1C. The summed E-state index contributed by atoms with van der Waals surface area (Å²) >= 11 is 1.98. The van der Waals surface area contributed by atoms with Gasteiger partial charge in [-0.3, -0.25) is 0 Å². The van der Waals surface area contributed by atoms with Gasteiger partial charge in [0.15, 0.2) is 0 Å². The van der Waals surface area contributed by atoms with Crippen molar-refractivity contribution >= 4 is 11.8 Å². The lowest BCUT2D eigenvalue weighted by molar-refractivity contribution is 1.10. The Balaban J connectivity index is 2.92. The summed E-state index contributed by atoms with van der Waals surface area (Å²) in [6.45, 7) is 8.80. The van der Waals surface area contributed by atoms with Crippen molar-refractivity contribution in [1.82, 2.24) is 0 Å². The quantitative estimate of drug-likeness (QED) is 0.652. The average Bonchev–Trinajstić information content (AvgIpc) is 2.02. The first-order chi connectivity index (χ1) is 6.15. The monoisotopic (exact) mass is 194 g/mol. The number of rotatable bonds is 3. The molecule has 0 radical (unpaired) electrons. The first-order valence-corrected chi connectivity index (χ1v) is 5.84. The smallest absolute Gasteiger partial charge is 0.0131 e.